The van der Waals surface area contributed by atoms with Crippen molar-refractivity contribution in [3.63, 3.8) is 0 Å². The first-order chi connectivity index (χ1) is 51.5. The van der Waals surface area contributed by atoms with E-state index in [1.165, 1.54) is 22.7 Å². The number of nitrogens with zero attached hydrogens (tertiary/aromatic N) is 11. The fraction of sp³-hybridized carbons (Fsp3) is 0.598. The smallest absolute Gasteiger partial charge is 0.355 e. The predicted octanol–water partition coefficient (Wildman–Crippen LogP) is 15.0. The molecule has 22 nitrogen and oxygen atoms in total. The molecular formula is C82H111FN14O8S3. The maximum atomic E-state index is 15.2. The van der Waals surface area contributed by atoms with Crippen LogP contribution >= 0.6 is 34.4 Å². The number of thiazole rings is 2. The number of hydrogen-bond donors (Lipinski definition) is 5. The number of para-hydroxylation sites is 1. The van der Waals surface area contributed by atoms with Gasteiger partial charge in [0.1, 0.15) is 17.9 Å². The maximum absolute atomic E-state index is 15.2. The Morgan fingerprint density at radius 2 is 1.49 bits per heavy atom. The number of anilines is 4. The Hall–Kier alpha value is -7.49. The number of aromatic nitrogens is 7. The monoisotopic (exact) mass is 1530 g/mol. The molecule has 5 aromatic heterocycles. The van der Waals surface area contributed by atoms with Gasteiger partial charge in [0.15, 0.2) is 28.1 Å². The van der Waals surface area contributed by atoms with E-state index in [0.717, 1.165) is 164 Å². The molecule has 5 saturated carbocycles. The lowest BCUT2D eigenvalue weighted by Crippen LogP contribution is -2.64. The number of carboxylic acid groups (broad SMARTS) is 1. The van der Waals surface area contributed by atoms with Gasteiger partial charge in [0, 0.05) is 80.7 Å². The number of hydrogen-bond acceptors (Lipinski definition) is 19. The average Bonchev–Trinajstić information content (AvgIpc) is 0.762. The molecule has 6 aliphatic rings. The van der Waals surface area contributed by atoms with Gasteiger partial charge in [0.25, 0.3) is 5.91 Å². The lowest BCUT2D eigenvalue weighted by atomic mass is 9.39. The van der Waals surface area contributed by atoms with Crippen molar-refractivity contribution in [3.05, 3.63) is 107 Å². The number of rotatable bonds is 39. The van der Waals surface area contributed by atoms with E-state index in [-0.39, 0.29) is 65.8 Å². The summed E-state index contributed by atoms with van der Waals surface area (Å²) in [4.78, 5) is 90.9. The SMILES string of the molecule is Cc1cc(N(CCCCN(C)C(=O)CCCCCCCCCCCCSC(C)(C)[C@H](NC(=O)C2(F)CC2)C(=O)N2C[C@H](O)C[C@H]2C(=O)NCc2ccc(-c3scnc3C)cc2)c2ccc(-c3cnn(CC45CC6(C)CC(C)(C4)CC(OCCN(C)C)(C6)C5)c3C)c(C(=O)O)n2)nnc1Nc1nc2ccccc2s1. The Bertz CT molecular complexity index is 4280. The molecule has 26 heteroatoms. The zero-order valence-electron chi connectivity index (χ0n) is 64.8. The summed E-state index contributed by atoms with van der Waals surface area (Å²) in [6, 6.07) is 19.4. The molecule has 108 heavy (non-hydrogen) atoms. The number of benzene rings is 2. The number of unbranched alkanes of at least 4 members (excludes halogenated alkanes) is 10. The van der Waals surface area contributed by atoms with Crippen LogP contribution in [0.25, 0.3) is 31.8 Å². The number of nitrogens with one attached hydrogen (secondary N) is 3. The van der Waals surface area contributed by atoms with Crippen LogP contribution in [0, 0.1) is 37.0 Å². The van der Waals surface area contributed by atoms with Gasteiger partial charge in [-0.05, 0) is 195 Å². The minimum absolute atomic E-state index is 0.00211. The third-order valence-electron chi connectivity index (χ3n) is 23.0. The Labute approximate surface area is 648 Å². The van der Waals surface area contributed by atoms with Crippen molar-refractivity contribution in [3.8, 4) is 21.6 Å². The molecule has 4 bridgehead atoms. The van der Waals surface area contributed by atoms with Crippen LogP contribution in [0.2, 0.25) is 0 Å². The zero-order chi connectivity index (χ0) is 76.8. The van der Waals surface area contributed by atoms with Crippen molar-refractivity contribution in [2.75, 3.05) is 69.9 Å². The molecule has 5 N–H and O–H groups in total. The Kier molecular flexibility index (Phi) is 25.2. The van der Waals surface area contributed by atoms with Gasteiger partial charge in [-0.3, -0.25) is 23.9 Å². The number of aromatic carboxylic acids is 1. The molecule has 2 aromatic carbocycles. The molecule has 1 saturated heterocycles. The molecule has 7 aromatic rings. The number of aliphatic hydroxyl groups is 1. The molecule has 4 amide bonds. The molecule has 582 valence electrons. The molecule has 5 atom stereocenters. The van der Waals surface area contributed by atoms with Crippen LogP contribution in [-0.4, -0.2) is 183 Å². The lowest BCUT2D eigenvalue weighted by molar-refractivity contribution is -0.248. The number of carbonyl (C=O) groups excluding carboxylic acids is 4. The molecule has 5 aliphatic carbocycles. The van der Waals surface area contributed by atoms with E-state index >= 15 is 4.39 Å². The van der Waals surface area contributed by atoms with Crippen molar-refractivity contribution in [1.82, 2.24) is 60.3 Å². The number of carbonyl (C=O) groups is 5. The zero-order valence-corrected chi connectivity index (χ0v) is 67.3. The van der Waals surface area contributed by atoms with E-state index in [2.05, 4.69) is 63.6 Å². The summed E-state index contributed by atoms with van der Waals surface area (Å²) in [5.74, 6) is -0.545. The normalized spacial score (nSPS) is 22.2. The molecule has 0 radical (unpaired) electrons. The fourth-order valence-corrected chi connectivity index (χ4v) is 21.1. The standard InChI is InChI=1S/C82H111FN14O8S3/c1-54-41-66(91-92-71(54)90-76-87-62-25-20-21-26-64(62)108-76)95(65-33-32-60(68(88-65)74(102)103)61-44-86-97(56(61)3)52-80-47-78(6)46-79(7,48-80)50-81(49-78,51-80)105-39-38-93(8)9)37-23-22-36-94(10)67(99)27-19-17-15-13-11-12-14-16-18-24-40-107-77(4,5)70(89-75(104)82(83)34-35-82)73(101)96-45-59(98)42-63(96)72(100)84-43-57-28-30-58(31-29-57)69-55(2)85-53-106-69/h20-21,25-26,28-33,41,44,53,59,63,70,98H,11-19,22-24,27,34-40,42-43,45-52H2,1-10H3,(H,84,100)(H,89,104)(H,102,103)(H,87,90,92)/t59-,63+,70-,78?,79?,80?,81?/m1/s1. The maximum Gasteiger partial charge on any atom is 0.355 e. The van der Waals surface area contributed by atoms with Gasteiger partial charge in [-0.2, -0.15) is 16.9 Å². The third kappa shape index (κ3) is 19.3. The highest BCUT2D eigenvalue weighted by molar-refractivity contribution is 8.00. The van der Waals surface area contributed by atoms with Crippen LogP contribution < -0.4 is 20.9 Å². The second-order valence-electron chi connectivity index (χ2n) is 33.4. The highest BCUT2D eigenvalue weighted by Crippen LogP contribution is 2.72. The number of halogens is 1. The van der Waals surface area contributed by atoms with Crippen molar-refractivity contribution in [2.24, 2.45) is 16.2 Å². The number of thioether (sulfide) groups is 1. The van der Waals surface area contributed by atoms with Crippen LogP contribution in [0.1, 0.15) is 202 Å². The summed E-state index contributed by atoms with van der Waals surface area (Å²) >= 11 is 4.65. The Balaban J connectivity index is 0.586. The first kappa shape index (κ1) is 80.0. The molecule has 2 unspecified atom stereocenters. The summed E-state index contributed by atoms with van der Waals surface area (Å²) in [6.07, 6.45) is 19.8. The van der Waals surface area contributed by atoms with Crippen molar-refractivity contribution >= 4 is 96.8 Å². The minimum atomic E-state index is -2.00. The number of amides is 4. The van der Waals surface area contributed by atoms with Crippen LogP contribution in [0.4, 0.5) is 27.0 Å². The predicted molar refractivity (Wildman–Crippen MR) is 427 cm³/mol. The number of carboxylic acids is 1. The van der Waals surface area contributed by atoms with E-state index in [9.17, 15) is 34.2 Å². The first-order valence-electron chi connectivity index (χ1n) is 39.0. The van der Waals surface area contributed by atoms with Crippen molar-refractivity contribution in [1.29, 1.82) is 0 Å². The summed E-state index contributed by atoms with van der Waals surface area (Å²) in [5, 5.41) is 45.9. The quantitative estimate of drug-likeness (QED) is 0.0224. The molecule has 6 fully saturated rings. The largest absolute Gasteiger partial charge is 0.476 e. The second-order valence-corrected chi connectivity index (χ2v) is 37.0. The highest BCUT2D eigenvalue weighted by Gasteiger charge is 2.66. The van der Waals surface area contributed by atoms with E-state index in [4.69, 9.17) is 24.9 Å². The van der Waals surface area contributed by atoms with E-state index < -0.39 is 52.3 Å². The van der Waals surface area contributed by atoms with Gasteiger partial charge in [0.2, 0.25) is 17.7 Å². The van der Waals surface area contributed by atoms with Gasteiger partial charge >= 0.3 is 5.97 Å². The van der Waals surface area contributed by atoms with E-state index in [1.54, 1.807) is 29.3 Å². The molecule has 0 spiro atoms. The molecule has 1 aliphatic heterocycles. The summed E-state index contributed by atoms with van der Waals surface area (Å²) in [7, 11) is 6.05. The topological polar surface area (TPSA) is 266 Å². The molecule has 13 rings (SSSR count). The average molecular weight is 1540 g/mol. The number of likely N-dealkylation sites (N-methyl/N-ethyl adjacent to an activating group) is 1. The van der Waals surface area contributed by atoms with Gasteiger partial charge in [0.05, 0.1) is 50.8 Å². The van der Waals surface area contributed by atoms with Crippen LogP contribution in [-0.2, 0) is 37.0 Å². The van der Waals surface area contributed by atoms with Crippen LogP contribution in [0.5, 0.6) is 0 Å². The third-order valence-corrected chi connectivity index (χ3v) is 26.4. The van der Waals surface area contributed by atoms with Gasteiger partial charge < -0.3 is 50.5 Å². The van der Waals surface area contributed by atoms with E-state index in [1.807, 2.05) is 124 Å². The number of ether oxygens (including phenoxy) is 1. The summed E-state index contributed by atoms with van der Waals surface area (Å²) < 4.78 is 24.4. The van der Waals surface area contributed by atoms with Gasteiger partial charge in [-0.1, -0.05) is 113 Å². The van der Waals surface area contributed by atoms with Crippen molar-refractivity contribution < 1.29 is 43.3 Å². The second kappa shape index (κ2) is 34.0. The summed E-state index contributed by atoms with van der Waals surface area (Å²) in [5.41, 5.74) is 6.64. The van der Waals surface area contributed by atoms with Crippen LogP contribution in [0.3, 0.4) is 0 Å². The van der Waals surface area contributed by atoms with Gasteiger partial charge in [-0.15, -0.1) is 21.5 Å². The number of likely N-dealkylation sites (tertiary alicyclic amines) is 1. The number of aryl methyl sites for hydroxylation is 2. The first-order valence-corrected chi connectivity index (χ1v) is 41.7. The highest BCUT2D eigenvalue weighted by atomic mass is 32.2. The molecular weight excluding hydrogens is 1420 g/mol. The summed E-state index contributed by atoms with van der Waals surface area (Å²) in [6.45, 7) is 18.1. The number of aliphatic hydroxyl groups excluding tert-OH is 1. The lowest BCUT2D eigenvalue weighted by Gasteiger charge is -2.69. The number of pyridine rings is 1. The Morgan fingerprint density at radius 1 is 0.796 bits per heavy atom. The van der Waals surface area contributed by atoms with Crippen molar-refractivity contribution in [2.45, 2.75) is 237 Å². The molecule has 6 heterocycles. The van der Waals surface area contributed by atoms with E-state index in [0.29, 0.717) is 67.1 Å². The number of β-amino-alcohol motifs (C(OH)–C–C–N with tert-alkyl or cyclic N) is 1. The number of fused-ring (bicyclic) bond motifs is 1. The minimum Gasteiger partial charge on any atom is -0.476 e. The Morgan fingerprint density at radius 3 is 2.16 bits per heavy atom. The fourth-order valence-electron chi connectivity index (χ4n) is 18.3. The van der Waals surface area contributed by atoms with Gasteiger partial charge in [-0.25, -0.2) is 24.1 Å². The van der Waals surface area contributed by atoms with Crippen LogP contribution in [0.15, 0.2) is 78.4 Å². The number of alkyl halides is 1.